The minimum absolute atomic E-state index is 0.00884. The van der Waals surface area contributed by atoms with Gasteiger partial charge in [-0.3, -0.25) is 11.3 Å². The first-order chi connectivity index (χ1) is 9.90. The molecule has 3 nitrogen and oxygen atoms in total. The van der Waals surface area contributed by atoms with Crippen molar-refractivity contribution in [3.8, 4) is 0 Å². The van der Waals surface area contributed by atoms with Crippen LogP contribution in [0.25, 0.3) is 0 Å². The summed E-state index contributed by atoms with van der Waals surface area (Å²) in [4.78, 5) is 2.30. The Kier molecular flexibility index (Phi) is 5.02. The van der Waals surface area contributed by atoms with Crippen LogP contribution in [0.2, 0.25) is 0 Å². The summed E-state index contributed by atoms with van der Waals surface area (Å²) in [7, 11) is 4.25. The van der Waals surface area contributed by atoms with Gasteiger partial charge in [-0.05, 0) is 57.0 Å². The molecule has 0 bridgehead atoms. The van der Waals surface area contributed by atoms with Gasteiger partial charge in [0.2, 0.25) is 0 Å². The molecule has 1 aliphatic rings. The number of likely N-dealkylation sites (N-methyl/N-ethyl adjacent to an activating group) is 1. The molecule has 1 aliphatic carbocycles. The number of hydrogen-bond acceptors (Lipinski definition) is 3. The maximum Gasteiger partial charge on any atom is 0.126 e. The van der Waals surface area contributed by atoms with E-state index in [1.165, 1.54) is 12.8 Å². The van der Waals surface area contributed by atoms with E-state index in [0.717, 1.165) is 18.4 Å². The zero-order chi connectivity index (χ0) is 15.6. The van der Waals surface area contributed by atoms with E-state index in [4.69, 9.17) is 5.84 Å². The molecule has 1 aromatic rings. The van der Waals surface area contributed by atoms with Crippen LogP contribution in [0.15, 0.2) is 18.2 Å². The van der Waals surface area contributed by atoms with Crippen LogP contribution >= 0.6 is 0 Å². The van der Waals surface area contributed by atoms with Crippen molar-refractivity contribution in [2.75, 3.05) is 14.1 Å². The smallest absolute Gasteiger partial charge is 0.126 e. The molecule has 0 heterocycles. The van der Waals surface area contributed by atoms with E-state index in [2.05, 4.69) is 31.3 Å². The Balaban J connectivity index is 2.42. The molecule has 3 N–H and O–H groups in total. The average molecular weight is 293 g/mol. The van der Waals surface area contributed by atoms with Crippen molar-refractivity contribution in [1.82, 2.24) is 10.3 Å². The first kappa shape index (κ1) is 16.4. The summed E-state index contributed by atoms with van der Waals surface area (Å²) in [6.45, 7) is 4.11. The van der Waals surface area contributed by atoms with Crippen molar-refractivity contribution >= 4 is 0 Å². The van der Waals surface area contributed by atoms with Gasteiger partial charge in [-0.25, -0.2) is 4.39 Å². The second kappa shape index (κ2) is 6.42. The molecule has 0 aliphatic heterocycles. The Labute approximate surface area is 127 Å². The van der Waals surface area contributed by atoms with Crippen LogP contribution in [0, 0.1) is 18.7 Å². The van der Waals surface area contributed by atoms with E-state index in [1.54, 1.807) is 13.0 Å². The molecule has 2 rings (SSSR count). The zero-order valence-corrected chi connectivity index (χ0v) is 13.6. The molecule has 0 radical (unpaired) electrons. The molecule has 0 saturated heterocycles. The standard InChI is InChI=1S/C17H28FN3/c1-12-6-5-9-17(11-12,21(3)4)16(20-19)14-7-8-15(18)13(2)10-14/h7-8,10,12,16,20H,5-6,9,11,19H2,1-4H3. The third kappa shape index (κ3) is 3.12. The number of nitrogens with zero attached hydrogens (tertiary/aromatic N) is 1. The number of rotatable bonds is 4. The number of hydrogen-bond donors (Lipinski definition) is 2. The summed E-state index contributed by atoms with van der Waals surface area (Å²) in [5.74, 6) is 6.44. The van der Waals surface area contributed by atoms with E-state index < -0.39 is 0 Å². The largest absolute Gasteiger partial charge is 0.302 e. The molecule has 3 unspecified atom stereocenters. The molecule has 0 amide bonds. The van der Waals surface area contributed by atoms with Crippen molar-refractivity contribution in [1.29, 1.82) is 0 Å². The van der Waals surface area contributed by atoms with Crippen molar-refractivity contribution in [3.05, 3.63) is 35.1 Å². The van der Waals surface area contributed by atoms with E-state index in [-0.39, 0.29) is 17.4 Å². The lowest BCUT2D eigenvalue weighted by Gasteiger charge is -2.50. The predicted molar refractivity (Wildman–Crippen MR) is 85.3 cm³/mol. The fourth-order valence-electron chi connectivity index (χ4n) is 3.90. The first-order valence-corrected chi connectivity index (χ1v) is 7.80. The lowest BCUT2D eigenvalue weighted by molar-refractivity contribution is 0.0366. The second-order valence-electron chi connectivity index (χ2n) is 6.81. The topological polar surface area (TPSA) is 41.3 Å². The van der Waals surface area contributed by atoms with Gasteiger partial charge in [0.25, 0.3) is 0 Å². The fourth-order valence-corrected chi connectivity index (χ4v) is 3.90. The van der Waals surface area contributed by atoms with E-state index >= 15 is 0 Å². The molecular weight excluding hydrogens is 265 g/mol. The first-order valence-electron chi connectivity index (χ1n) is 7.80. The van der Waals surface area contributed by atoms with Crippen molar-refractivity contribution in [3.63, 3.8) is 0 Å². The van der Waals surface area contributed by atoms with E-state index in [0.29, 0.717) is 11.5 Å². The number of nitrogens with two attached hydrogens (primary N) is 1. The lowest BCUT2D eigenvalue weighted by Crippen LogP contribution is -2.57. The normalized spacial score (nSPS) is 27.9. The lowest BCUT2D eigenvalue weighted by atomic mass is 9.69. The highest BCUT2D eigenvalue weighted by Crippen LogP contribution is 2.43. The molecule has 1 saturated carbocycles. The van der Waals surface area contributed by atoms with Crippen LogP contribution < -0.4 is 11.3 Å². The molecule has 21 heavy (non-hydrogen) atoms. The molecule has 1 fully saturated rings. The van der Waals surface area contributed by atoms with Crippen LogP contribution in [-0.2, 0) is 0 Å². The number of benzene rings is 1. The summed E-state index contributed by atoms with van der Waals surface area (Å²) in [5, 5.41) is 0. The zero-order valence-electron chi connectivity index (χ0n) is 13.6. The van der Waals surface area contributed by atoms with Gasteiger partial charge in [0.1, 0.15) is 5.82 Å². The van der Waals surface area contributed by atoms with Gasteiger partial charge in [-0.15, -0.1) is 0 Å². The Bertz CT molecular complexity index is 489. The van der Waals surface area contributed by atoms with E-state index in [9.17, 15) is 4.39 Å². The van der Waals surface area contributed by atoms with Gasteiger partial charge >= 0.3 is 0 Å². The SMILES string of the molecule is Cc1cc(C(NN)C2(N(C)C)CCCC(C)C2)ccc1F. The summed E-state index contributed by atoms with van der Waals surface area (Å²) in [5.41, 5.74) is 4.74. The van der Waals surface area contributed by atoms with Crippen molar-refractivity contribution < 1.29 is 4.39 Å². The Hall–Kier alpha value is -0.970. The molecule has 3 atom stereocenters. The summed E-state index contributed by atoms with van der Waals surface area (Å²) in [6.07, 6.45) is 4.69. The van der Waals surface area contributed by atoms with Crippen LogP contribution in [0.1, 0.15) is 49.8 Å². The van der Waals surface area contributed by atoms with Gasteiger partial charge in [0.15, 0.2) is 0 Å². The minimum Gasteiger partial charge on any atom is -0.302 e. The Morgan fingerprint density at radius 1 is 1.43 bits per heavy atom. The number of hydrazine groups is 1. The second-order valence-corrected chi connectivity index (χ2v) is 6.81. The van der Waals surface area contributed by atoms with Crippen LogP contribution in [0.3, 0.4) is 0 Å². The number of aryl methyl sites for hydroxylation is 1. The summed E-state index contributed by atoms with van der Waals surface area (Å²) in [6, 6.07) is 5.33. The highest BCUT2D eigenvalue weighted by molar-refractivity contribution is 5.29. The highest BCUT2D eigenvalue weighted by atomic mass is 19.1. The maximum atomic E-state index is 13.6. The van der Waals surface area contributed by atoms with Crippen molar-refractivity contribution in [2.45, 2.75) is 51.1 Å². The monoisotopic (exact) mass is 293 g/mol. The Morgan fingerprint density at radius 2 is 2.14 bits per heavy atom. The summed E-state index contributed by atoms with van der Waals surface area (Å²) >= 11 is 0. The molecule has 118 valence electrons. The Morgan fingerprint density at radius 3 is 2.67 bits per heavy atom. The van der Waals surface area contributed by atoms with Gasteiger partial charge in [-0.1, -0.05) is 31.9 Å². The average Bonchev–Trinajstić information content (AvgIpc) is 2.43. The number of halogens is 1. The third-order valence-corrected chi connectivity index (χ3v) is 5.12. The number of nitrogens with one attached hydrogen (secondary N) is 1. The third-order valence-electron chi connectivity index (χ3n) is 5.12. The van der Waals surface area contributed by atoms with Gasteiger partial charge < -0.3 is 4.90 Å². The van der Waals surface area contributed by atoms with Gasteiger partial charge in [-0.2, -0.15) is 0 Å². The van der Waals surface area contributed by atoms with Gasteiger partial charge in [0.05, 0.1) is 6.04 Å². The maximum absolute atomic E-state index is 13.6. The van der Waals surface area contributed by atoms with Crippen molar-refractivity contribution in [2.24, 2.45) is 11.8 Å². The highest BCUT2D eigenvalue weighted by Gasteiger charge is 2.44. The van der Waals surface area contributed by atoms with Crippen LogP contribution in [-0.4, -0.2) is 24.5 Å². The van der Waals surface area contributed by atoms with Gasteiger partial charge in [0, 0.05) is 5.54 Å². The predicted octanol–water partition coefficient (Wildman–Crippen LogP) is 3.15. The molecule has 1 aromatic carbocycles. The van der Waals surface area contributed by atoms with E-state index in [1.807, 2.05) is 12.1 Å². The molecule has 4 heteroatoms. The van der Waals surface area contributed by atoms with Crippen LogP contribution in [0.4, 0.5) is 4.39 Å². The van der Waals surface area contributed by atoms with Crippen LogP contribution in [0.5, 0.6) is 0 Å². The molecule has 0 spiro atoms. The minimum atomic E-state index is -0.162. The summed E-state index contributed by atoms with van der Waals surface area (Å²) < 4.78 is 13.6. The molecule has 0 aromatic heterocycles. The fraction of sp³-hybridized carbons (Fsp3) is 0.647. The molecular formula is C17H28FN3. The quantitative estimate of drug-likeness (QED) is 0.662.